The first-order valence-electron chi connectivity index (χ1n) is 6.24. The number of anilines is 1. The summed E-state index contributed by atoms with van der Waals surface area (Å²) < 4.78 is 4.91. The molecule has 1 fully saturated rings. The van der Waals surface area contributed by atoms with Crippen molar-refractivity contribution in [3.63, 3.8) is 0 Å². The molecule has 0 bridgehead atoms. The van der Waals surface area contributed by atoms with Crippen LogP contribution in [0.5, 0.6) is 0 Å². The predicted octanol–water partition coefficient (Wildman–Crippen LogP) is 2.42. The average molecular weight is 266 g/mol. The topological polar surface area (TPSA) is 51.2 Å². The fourth-order valence-electron chi connectivity index (χ4n) is 1.83. The minimum absolute atomic E-state index is 0.316. The van der Waals surface area contributed by atoms with E-state index in [1.54, 1.807) is 19.2 Å². The number of carbonyl (C=O) groups is 1. The molecule has 1 aliphatic rings. The Balaban J connectivity index is 1.85. The van der Waals surface area contributed by atoms with Gasteiger partial charge in [-0.2, -0.15) is 11.8 Å². The van der Waals surface area contributed by atoms with Crippen LogP contribution in [0.4, 0.5) is 5.82 Å². The van der Waals surface area contributed by atoms with Crippen LogP contribution < -0.4 is 5.32 Å². The summed E-state index contributed by atoms with van der Waals surface area (Å²) in [6.07, 6.45) is 2.84. The number of hydrogen-bond acceptors (Lipinski definition) is 5. The van der Waals surface area contributed by atoms with Gasteiger partial charge in [0.2, 0.25) is 0 Å². The van der Waals surface area contributed by atoms with E-state index in [9.17, 15) is 4.79 Å². The molecule has 1 N–H and O–H groups in total. The molecule has 2 rings (SSSR count). The largest absolute Gasteiger partial charge is 0.462 e. The summed E-state index contributed by atoms with van der Waals surface area (Å²) in [6, 6.07) is 3.57. The maximum Gasteiger partial charge on any atom is 0.339 e. The molecular weight excluding hydrogens is 248 g/mol. The summed E-state index contributed by atoms with van der Waals surface area (Å²) >= 11 is 2.01. The van der Waals surface area contributed by atoms with Crippen LogP contribution >= 0.6 is 11.8 Å². The van der Waals surface area contributed by atoms with Gasteiger partial charge in [-0.05, 0) is 42.9 Å². The molecule has 0 spiro atoms. The Morgan fingerprint density at radius 3 is 3.11 bits per heavy atom. The zero-order valence-corrected chi connectivity index (χ0v) is 11.3. The normalized spacial score (nSPS) is 18.6. The number of rotatable bonds is 5. The third kappa shape index (κ3) is 3.63. The highest BCUT2D eigenvalue weighted by Crippen LogP contribution is 2.23. The van der Waals surface area contributed by atoms with E-state index in [-0.39, 0.29) is 5.97 Å². The minimum atomic E-state index is -0.316. The van der Waals surface area contributed by atoms with Crippen LogP contribution in [0.1, 0.15) is 23.7 Å². The Kier molecular flexibility index (Phi) is 4.87. The number of ether oxygens (including phenoxy) is 1. The van der Waals surface area contributed by atoms with Crippen LogP contribution in [-0.4, -0.2) is 35.6 Å². The lowest BCUT2D eigenvalue weighted by molar-refractivity contribution is 0.0526. The van der Waals surface area contributed by atoms with E-state index in [0.29, 0.717) is 12.2 Å². The van der Waals surface area contributed by atoms with Crippen LogP contribution in [0.2, 0.25) is 0 Å². The van der Waals surface area contributed by atoms with Crippen molar-refractivity contribution in [1.82, 2.24) is 4.98 Å². The average Bonchev–Trinajstić information content (AvgIpc) is 2.90. The van der Waals surface area contributed by atoms with Crippen molar-refractivity contribution in [1.29, 1.82) is 0 Å². The van der Waals surface area contributed by atoms with Crippen LogP contribution in [0.25, 0.3) is 0 Å². The van der Waals surface area contributed by atoms with Gasteiger partial charge in [-0.1, -0.05) is 0 Å². The molecule has 5 heteroatoms. The van der Waals surface area contributed by atoms with E-state index >= 15 is 0 Å². The first-order chi connectivity index (χ1) is 8.79. The lowest BCUT2D eigenvalue weighted by Crippen LogP contribution is -2.14. The molecule has 1 atom stereocenters. The summed E-state index contributed by atoms with van der Waals surface area (Å²) in [5.41, 5.74) is 0.499. The second kappa shape index (κ2) is 6.64. The monoisotopic (exact) mass is 266 g/mol. The van der Waals surface area contributed by atoms with E-state index in [0.717, 1.165) is 18.3 Å². The first kappa shape index (κ1) is 13.2. The fourth-order valence-corrected chi connectivity index (χ4v) is 3.11. The Hall–Kier alpha value is -1.23. The van der Waals surface area contributed by atoms with Gasteiger partial charge >= 0.3 is 5.97 Å². The van der Waals surface area contributed by atoms with Crippen molar-refractivity contribution in [3.05, 3.63) is 23.9 Å². The van der Waals surface area contributed by atoms with Crippen LogP contribution in [0, 0.1) is 5.92 Å². The Morgan fingerprint density at radius 2 is 2.50 bits per heavy atom. The maximum atomic E-state index is 11.4. The molecule has 1 aliphatic heterocycles. The second-order valence-electron chi connectivity index (χ2n) is 4.26. The molecule has 0 saturated carbocycles. The van der Waals surface area contributed by atoms with Crippen molar-refractivity contribution in [2.75, 3.05) is 30.0 Å². The molecule has 98 valence electrons. The second-order valence-corrected chi connectivity index (χ2v) is 5.41. The third-order valence-corrected chi connectivity index (χ3v) is 4.10. The fraction of sp³-hybridized carbons (Fsp3) is 0.538. The van der Waals surface area contributed by atoms with Gasteiger partial charge < -0.3 is 10.1 Å². The smallest absolute Gasteiger partial charge is 0.339 e. The Labute approximate surface area is 112 Å². The molecule has 0 radical (unpaired) electrons. The summed E-state index contributed by atoms with van der Waals surface area (Å²) in [5.74, 6) is 3.74. The van der Waals surface area contributed by atoms with Crippen molar-refractivity contribution in [2.45, 2.75) is 13.3 Å². The van der Waals surface area contributed by atoms with E-state index in [2.05, 4.69) is 10.3 Å². The molecule has 4 nitrogen and oxygen atoms in total. The van der Waals surface area contributed by atoms with Crippen molar-refractivity contribution in [3.8, 4) is 0 Å². The first-order valence-corrected chi connectivity index (χ1v) is 7.40. The van der Waals surface area contributed by atoms with Crippen molar-refractivity contribution in [2.24, 2.45) is 5.92 Å². The van der Waals surface area contributed by atoms with Crippen LogP contribution in [0.3, 0.4) is 0 Å². The number of hydrogen-bond donors (Lipinski definition) is 1. The highest BCUT2D eigenvalue weighted by Gasteiger charge is 2.15. The number of carbonyl (C=O) groups excluding carboxylic acids is 1. The molecule has 1 aromatic heterocycles. The van der Waals surface area contributed by atoms with Gasteiger partial charge in [0.1, 0.15) is 5.82 Å². The number of aromatic nitrogens is 1. The lowest BCUT2D eigenvalue weighted by atomic mass is 10.1. The summed E-state index contributed by atoms with van der Waals surface area (Å²) in [6.45, 7) is 3.14. The van der Waals surface area contributed by atoms with Gasteiger partial charge in [0.05, 0.1) is 12.2 Å². The third-order valence-electron chi connectivity index (χ3n) is 2.87. The van der Waals surface area contributed by atoms with Gasteiger partial charge in [-0.15, -0.1) is 0 Å². The Morgan fingerprint density at radius 1 is 1.61 bits per heavy atom. The lowest BCUT2D eigenvalue weighted by Gasteiger charge is -2.10. The van der Waals surface area contributed by atoms with Crippen molar-refractivity contribution >= 4 is 23.5 Å². The van der Waals surface area contributed by atoms with E-state index in [4.69, 9.17) is 4.74 Å². The number of nitrogens with zero attached hydrogens (tertiary/aromatic N) is 1. The maximum absolute atomic E-state index is 11.4. The molecule has 1 unspecified atom stereocenters. The van der Waals surface area contributed by atoms with Gasteiger partial charge in [0, 0.05) is 12.7 Å². The predicted molar refractivity (Wildman–Crippen MR) is 74.1 cm³/mol. The quantitative estimate of drug-likeness (QED) is 0.829. The number of nitrogens with one attached hydrogen (secondary N) is 1. The Bertz CT molecular complexity index is 388. The molecule has 0 aliphatic carbocycles. The number of pyridine rings is 1. The number of thioether (sulfide) groups is 1. The van der Waals surface area contributed by atoms with E-state index < -0.39 is 0 Å². The van der Waals surface area contributed by atoms with E-state index in [1.165, 1.54) is 17.9 Å². The molecule has 0 amide bonds. The minimum Gasteiger partial charge on any atom is -0.462 e. The van der Waals surface area contributed by atoms with Gasteiger partial charge in [-0.25, -0.2) is 9.78 Å². The zero-order chi connectivity index (χ0) is 12.8. The molecule has 1 saturated heterocycles. The van der Waals surface area contributed by atoms with Crippen LogP contribution in [-0.2, 0) is 4.74 Å². The SMILES string of the molecule is CCOC(=O)c1ccc(NCC2CCSC2)nc1. The summed E-state index contributed by atoms with van der Waals surface area (Å²) in [5, 5.41) is 3.31. The van der Waals surface area contributed by atoms with E-state index in [1.807, 2.05) is 17.8 Å². The highest BCUT2D eigenvalue weighted by molar-refractivity contribution is 7.99. The van der Waals surface area contributed by atoms with Gasteiger partial charge in [0.25, 0.3) is 0 Å². The zero-order valence-electron chi connectivity index (χ0n) is 10.5. The summed E-state index contributed by atoms with van der Waals surface area (Å²) in [7, 11) is 0. The van der Waals surface area contributed by atoms with Crippen LogP contribution in [0.15, 0.2) is 18.3 Å². The molecule has 1 aromatic rings. The summed E-state index contributed by atoms with van der Waals surface area (Å²) in [4.78, 5) is 15.7. The molecular formula is C13H18N2O2S. The van der Waals surface area contributed by atoms with Gasteiger partial charge in [0.15, 0.2) is 0 Å². The molecule has 2 heterocycles. The molecule has 0 aromatic carbocycles. The molecule has 18 heavy (non-hydrogen) atoms. The van der Waals surface area contributed by atoms with Crippen molar-refractivity contribution < 1.29 is 9.53 Å². The van der Waals surface area contributed by atoms with Gasteiger partial charge in [-0.3, -0.25) is 0 Å². The number of esters is 1. The highest BCUT2D eigenvalue weighted by atomic mass is 32.2. The standard InChI is InChI=1S/C13H18N2O2S/c1-2-17-13(16)11-3-4-12(15-8-11)14-7-10-5-6-18-9-10/h3-4,8,10H,2,5-7,9H2,1H3,(H,14,15).